The zero-order valence-electron chi connectivity index (χ0n) is 15.0. The molecule has 1 saturated heterocycles. The zero-order chi connectivity index (χ0) is 17.6. The van der Waals surface area contributed by atoms with Crippen LogP contribution in [0.1, 0.15) is 55.3 Å². The topological polar surface area (TPSA) is 58.6 Å². The van der Waals surface area contributed by atoms with Gasteiger partial charge >= 0.3 is 0 Å². The van der Waals surface area contributed by atoms with Gasteiger partial charge in [-0.3, -0.25) is 9.59 Å². The number of ether oxygens (including phenoxy) is 1. The van der Waals surface area contributed by atoms with Gasteiger partial charge in [-0.05, 0) is 37.8 Å². The van der Waals surface area contributed by atoms with Gasteiger partial charge in [0.25, 0.3) is 5.91 Å². The highest BCUT2D eigenvalue weighted by Gasteiger charge is 2.29. The number of nitrogens with one attached hydrogen (secondary N) is 1. The van der Waals surface area contributed by atoms with Gasteiger partial charge in [0.2, 0.25) is 5.91 Å². The lowest BCUT2D eigenvalue weighted by molar-refractivity contribution is -0.137. The molecular formula is C20H28N2O3. The van der Waals surface area contributed by atoms with Crippen LogP contribution in [0.4, 0.5) is 0 Å². The second kappa shape index (κ2) is 8.37. The standard InChI is InChI=1S/C20H28N2O3/c1-25-18-10-6-5-9-17(18)19(23)21-16-11-13-22(14-12-16)20(24)15-7-3-2-4-8-15/h5-6,9-10,15-16H,2-4,7-8,11-14H2,1H3,(H,21,23). The van der Waals surface area contributed by atoms with Crippen molar-refractivity contribution >= 4 is 11.8 Å². The van der Waals surface area contributed by atoms with Gasteiger partial charge in [-0.2, -0.15) is 0 Å². The molecule has 1 N–H and O–H groups in total. The van der Waals surface area contributed by atoms with Gasteiger partial charge in [0.1, 0.15) is 5.75 Å². The summed E-state index contributed by atoms with van der Waals surface area (Å²) in [7, 11) is 1.57. The molecule has 0 radical (unpaired) electrons. The monoisotopic (exact) mass is 344 g/mol. The van der Waals surface area contributed by atoms with E-state index in [0.717, 1.165) is 38.8 Å². The van der Waals surface area contributed by atoms with Crippen LogP contribution in [-0.2, 0) is 4.79 Å². The molecule has 2 amide bonds. The molecule has 2 fully saturated rings. The third-order valence-corrected chi connectivity index (χ3v) is 5.45. The minimum absolute atomic E-state index is 0.102. The lowest BCUT2D eigenvalue weighted by Crippen LogP contribution is -2.48. The number of rotatable bonds is 4. The van der Waals surface area contributed by atoms with Crippen molar-refractivity contribution in [1.29, 1.82) is 0 Å². The van der Waals surface area contributed by atoms with Crippen LogP contribution in [0.3, 0.4) is 0 Å². The molecule has 5 heteroatoms. The van der Waals surface area contributed by atoms with Crippen molar-refractivity contribution in [3.8, 4) is 5.75 Å². The van der Waals surface area contributed by atoms with Gasteiger partial charge in [-0.15, -0.1) is 0 Å². The molecule has 0 aromatic heterocycles. The minimum atomic E-state index is -0.102. The maximum atomic E-state index is 12.6. The van der Waals surface area contributed by atoms with Gasteiger partial charge in [0.05, 0.1) is 12.7 Å². The van der Waals surface area contributed by atoms with Gasteiger partial charge in [-0.25, -0.2) is 0 Å². The smallest absolute Gasteiger partial charge is 0.255 e. The van der Waals surface area contributed by atoms with E-state index < -0.39 is 0 Å². The summed E-state index contributed by atoms with van der Waals surface area (Å²) < 4.78 is 5.26. The second-order valence-electron chi connectivity index (χ2n) is 7.11. The number of hydrogen-bond donors (Lipinski definition) is 1. The van der Waals surface area contributed by atoms with E-state index in [0.29, 0.717) is 17.2 Å². The van der Waals surface area contributed by atoms with Crippen LogP contribution in [0, 0.1) is 5.92 Å². The molecule has 0 spiro atoms. The van der Waals surface area contributed by atoms with Crippen LogP contribution in [0.2, 0.25) is 0 Å². The maximum absolute atomic E-state index is 12.6. The Morgan fingerprint density at radius 3 is 2.40 bits per heavy atom. The quantitative estimate of drug-likeness (QED) is 0.913. The molecule has 1 aliphatic carbocycles. The number of hydrogen-bond acceptors (Lipinski definition) is 3. The van der Waals surface area contributed by atoms with E-state index in [1.165, 1.54) is 19.3 Å². The summed E-state index contributed by atoms with van der Waals surface area (Å²) in [5.74, 6) is 1.04. The predicted octanol–water partition coefficient (Wildman–Crippen LogP) is 3.00. The predicted molar refractivity (Wildman–Crippen MR) is 96.6 cm³/mol. The largest absolute Gasteiger partial charge is 0.496 e. The van der Waals surface area contributed by atoms with Crippen molar-refractivity contribution in [3.05, 3.63) is 29.8 Å². The first kappa shape index (κ1) is 17.8. The first-order chi connectivity index (χ1) is 12.2. The van der Waals surface area contributed by atoms with E-state index in [-0.39, 0.29) is 17.9 Å². The third-order valence-electron chi connectivity index (χ3n) is 5.45. The number of nitrogens with zero attached hydrogens (tertiary/aromatic N) is 1. The van der Waals surface area contributed by atoms with Crippen molar-refractivity contribution in [2.24, 2.45) is 5.92 Å². The summed E-state index contributed by atoms with van der Waals surface area (Å²) in [6, 6.07) is 7.37. The fourth-order valence-electron chi connectivity index (χ4n) is 3.95. The minimum Gasteiger partial charge on any atom is -0.496 e. The summed E-state index contributed by atoms with van der Waals surface area (Å²) >= 11 is 0. The molecule has 1 aliphatic heterocycles. The van der Waals surface area contributed by atoms with Gasteiger partial charge in [-0.1, -0.05) is 31.4 Å². The van der Waals surface area contributed by atoms with E-state index in [1.54, 1.807) is 19.2 Å². The Bertz CT molecular complexity index is 603. The Hall–Kier alpha value is -2.04. The Morgan fingerprint density at radius 2 is 1.72 bits per heavy atom. The lowest BCUT2D eigenvalue weighted by atomic mass is 9.87. The van der Waals surface area contributed by atoms with Crippen LogP contribution >= 0.6 is 0 Å². The molecule has 0 unspecified atom stereocenters. The number of benzene rings is 1. The Labute approximate surface area is 149 Å². The molecule has 0 bridgehead atoms. The van der Waals surface area contributed by atoms with Crippen LogP contribution in [-0.4, -0.2) is 43.0 Å². The molecule has 1 aromatic carbocycles. The number of likely N-dealkylation sites (tertiary alicyclic amines) is 1. The average molecular weight is 344 g/mol. The Kier molecular flexibility index (Phi) is 5.95. The summed E-state index contributed by atoms with van der Waals surface area (Å²) in [5.41, 5.74) is 0.561. The Balaban J connectivity index is 1.50. The van der Waals surface area contributed by atoms with E-state index in [2.05, 4.69) is 5.32 Å². The van der Waals surface area contributed by atoms with Crippen LogP contribution < -0.4 is 10.1 Å². The molecule has 136 valence electrons. The number of methoxy groups -OCH3 is 1. The summed E-state index contributed by atoms with van der Waals surface area (Å²) in [5, 5.41) is 3.09. The van der Waals surface area contributed by atoms with E-state index >= 15 is 0 Å². The fraction of sp³-hybridized carbons (Fsp3) is 0.600. The molecule has 1 heterocycles. The van der Waals surface area contributed by atoms with Gasteiger partial charge < -0.3 is 15.0 Å². The number of para-hydroxylation sites is 1. The highest BCUT2D eigenvalue weighted by atomic mass is 16.5. The maximum Gasteiger partial charge on any atom is 0.255 e. The summed E-state index contributed by atoms with van der Waals surface area (Å²) in [6.45, 7) is 1.48. The molecule has 3 rings (SSSR count). The van der Waals surface area contributed by atoms with Gasteiger partial charge in [0, 0.05) is 25.0 Å². The number of carbonyl (C=O) groups excluding carboxylic acids is 2. The van der Waals surface area contributed by atoms with E-state index in [1.807, 2.05) is 17.0 Å². The molecule has 1 saturated carbocycles. The third kappa shape index (κ3) is 4.33. The SMILES string of the molecule is COc1ccccc1C(=O)NC1CCN(C(=O)C2CCCCC2)CC1. The first-order valence-corrected chi connectivity index (χ1v) is 9.41. The normalized spacial score (nSPS) is 19.5. The van der Waals surface area contributed by atoms with Crippen LogP contribution in [0.25, 0.3) is 0 Å². The lowest BCUT2D eigenvalue weighted by Gasteiger charge is -2.35. The molecule has 5 nitrogen and oxygen atoms in total. The molecule has 2 aliphatic rings. The van der Waals surface area contributed by atoms with Crippen molar-refractivity contribution in [2.75, 3.05) is 20.2 Å². The number of carbonyl (C=O) groups is 2. The van der Waals surface area contributed by atoms with Crippen molar-refractivity contribution in [2.45, 2.75) is 51.0 Å². The van der Waals surface area contributed by atoms with E-state index in [9.17, 15) is 9.59 Å². The molecule has 1 aromatic rings. The highest BCUT2D eigenvalue weighted by molar-refractivity contribution is 5.97. The van der Waals surface area contributed by atoms with Crippen LogP contribution in [0.15, 0.2) is 24.3 Å². The van der Waals surface area contributed by atoms with Crippen molar-refractivity contribution in [1.82, 2.24) is 10.2 Å². The van der Waals surface area contributed by atoms with Crippen molar-refractivity contribution in [3.63, 3.8) is 0 Å². The average Bonchev–Trinajstić information content (AvgIpc) is 2.68. The van der Waals surface area contributed by atoms with E-state index in [4.69, 9.17) is 4.74 Å². The molecule has 0 atom stereocenters. The van der Waals surface area contributed by atoms with Gasteiger partial charge in [0.15, 0.2) is 0 Å². The number of amides is 2. The number of piperidine rings is 1. The fourth-order valence-corrected chi connectivity index (χ4v) is 3.95. The summed E-state index contributed by atoms with van der Waals surface area (Å²) in [6.07, 6.45) is 7.36. The first-order valence-electron chi connectivity index (χ1n) is 9.41. The highest BCUT2D eigenvalue weighted by Crippen LogP contribution is 2.26. The van der Waals surface area contributed by atoms with Crippen molar-refractivity contribution < 1.29 is 14.3 Å². The molecular weight excluding hydrogens is 316 g/mol. The second-order valence-corrected chi connectivity index (χ2v) is 7.11. The summed E-state index contributed by atoms with van der Waals surface area (Å²) in [4.78, 5) is 27.1. The van der Waals surface area contributed by atoms with Crippen LogP contribution in [0.5, 0.6) is 5.75 Å². The Morgan fingerprint density at radius 1 is 1.04 bits per heavy atom. The zero-order valence-corrected chi connectivity index (χ0v) is 15.0. The molecule has 25 heavy (non-hydrogen) atoms.